The minimum atomic E-state index is 0.220. The fourth-order valence-electron chi connectivity index (χ4n) is 1.34. The van der Waals surface area contributed by atoms with E-state index < -0.39 is 0 Å². The molecule has 0 spiro atoms. The van der Waals surface area contributed by atoms with Gasteiger partial charge in [0.25, 0.3) is 0 Å². The molecule has 74 valence electrons. The van der Waals surface area contributed by atoms with Crippen molar-refractivity contribution in [2.45, 2.75) is 26.2 Å². The van der Waals surface area contributed by atoms with Gasteiger partial charge in [-0.2, -0.15) is 0 Å². The summed E-state index contributed by atoms with van der Waals surface area (Å²) < 4.78 is 0. The molecule has 0 saturated carbocycles. The van der Waals surface area contributed by atoms with E-state index >= 15 is 0 Å². The van der Waals surface area contributed by atoms with E-state index in [-0.39, 0.29) is 8.27 Å². The van der Waals surface area contributed by atoms with Crippen LogP contribution in [-0.4, -0.2) is 6.16 Å². The normalized spacial score (nSPS) is 11.5. The van der Waals surface area contributed by atoms with Crippen molar-refractivity contribution in [3.63, 3.8) is 0 Å². The van der Waals surface area contributed by atoms with Crippen molar-refractivity contribution in [1.29, 1.82) is 0 Å². The standard InChI is InChI=1S/C11H20P2/c1-2-3-7-10-12-13-11-8-5-4-6-9-11/h4-6,8-9,13H,2-3,7,10H2,1,12H3. The summed E-state index contributed by atoms with van der Waals surface area (Å²) in [5, 5.41) is 1.57. The Balaban J connectivity index is 2.07. The van der Waals surface area contributed by atoms with Gasteiger partial charge in [0.2, 0.25) is 0 Å². The number of unbranched alkanes of at least 4 members (excludes halogenated alkanes) is 2. The molecule has 0 radical (unpaired) electrons. The van der Waals surface area contributed by atoms with Crippen LogP contribution in [0.15, 0.2) is 30.3 Å². The minimum absolute atomic E-state index is 0.220. The topological polar surface area (TPSA) is 0 Å². The predicted molar refractivity (Wildman–Crippen MR) is 69.9 cm³/mol. The number of hydrogen-bond donors (Lipinski definition) is 0. The molecule has 1 atom stereocenters. The summed E-state index contributed by atoms with van der Waals surface area (Å²) in [5.41, 5.74) is 0. The van der Waals surface area contributed by atoms with Crippen molar-refractivity contribution in [3.05, 3.63) is 30.3 Å². The van der Waals surface area contributed by atoms with E-state index in [0.29, 0.717) is 0 Å². The van der Waals surface area contributed by atoms with E-state index in [1.165, 1.54) is 19.3 Å². The zero-order valence-corrected chi connectivity index (χ0v) is 10.8. The third kappa shape index (κ3) is 5.40. The van der Waals surface area contributed by atoms with Gasteiger partial charge in [0.1, 0.15) is 0 Å². The van der Waals surface area contributed by atoms with Gasteiger partial charge in [-0.15, -0.1) is 0 Å². The van der Waals surface area contributed by atoms with Crippen LogP contribution in [0, 0.1) is 0 Å². The number of hydrogen-bond acceptors (Lipinski definition) is 0. The fraction of sp³-hybridized carbons (Fsp3) is 0.455. The first-order valence-corrected chi connectivity index (χ1v) is 9.55. The molecule has 0 aliphatic carbocycles. The van der Waals surface area contributed by atoms with Crippen molar-refractivity contribution in [2.75, 3.05) is 6.16 Å². The van der Waals surface area contributed by atoms with E-state index in [0.717, 1.165) is 8.27 Å². The van der Waals surface area contributed by atoms with Crippen molar-refractivity contribution < 1.29 is 0 Å². The van der Waals surface area contributed by atoms with E-state index in [1.807, 2.05) is 0 Å². The fourth-order valence-corrected chi connectivity index (χ4v) is 5.69. The van der Waals surface area contributed by atoms with Crippen molar-refractivity contribution >= 4 is 21.8 Å². The Morgan fingerprint density at radius 3 is 2.62 bits per heavy atom. The second-order valence-electron chi connectivity index (χ2n) is 3.35. The van der Waals surface area contributed by atoms with Crippen LogP contribution in [0.3, 0.4) is 0 Å². The summed E-state index contributed by atoms with van der Waals surface area (Å²) in [4.78, 5) is 0. The van der Waals surface area contributed by atoms with Crippen LogP contribution in [0.4, 0.5) is 0 Å². The molecule has 0 heterocycles. The Hall–Kier alpha value is 0.0800. The van der Waals surface area contributed by atoms with Crippen LogP contribution in [0.2, 0.25) is 0 Å². The predicted octanol–water partition coefficient (Wildman–Crippen LogP) is 3.24. The Morgan fingerprint density at radius 1 is 1.15 bits per heavy atom. The van der Waals surface area contributed by atoms with Crippen LogP contribution >= 0.6 is 16.5 Å². The maximum absolute atomic E-state index is 2.28. The summed E-state index contributed by atoms with van der Waals surface area (Å²) in [7, 11) is 1.38. The van der Waals surface area contributed by atoms with Crippen molar-refractivity contribution in [3.8, 4) is 0 Å². The molecular weight excluding hydrogens is 194 g/mol. The first-order chi connectivity index (χ1) is 6.43. The summed E-state index contributed by atoms with van der Waals surface area (Å²) in [6.45, 7) is 2.28. The molecule has 0 nitrogen and oxygen atoms in total. The van der Waals surface area contributed by atoms with Gasteiger partial charge in [0, 0.05) is 0 Å². The Morgan fingerprint density at radius 2 is 1.92 bits per heavy atom. The van der Waals surface area contributed by atoms with Gasteiger partial charge in [-0.25, -0.2) is 0 Å². The number of rotatable bonds is 6. The number of benzene rings is 1. The van der Waals surface area contributed by atoms with Gasteiger partial charge in [0.05, 0.1) is 0 Å². The molecule has 0 N–H and O–H groups in total. The molecule has 0 saturated heterocycles. The Bertz CT molecular complexity index is 209. The molecule has 0 aromatic heterocycles. The van der Waals surface area contributed by atoms with Gasteiger partial charge in [-0.3, -0.25) is 0 Å². The molecular formula is C11H20P2. The van der Waals surface area contributed by atoms with Crippen molar-refractivity contribution in [2.24, 2.45) is 0 Å². The summed E-state index contributed by atoms with van der Waals surface area (Å²) in [6.07, 6.45) is 5.82. The first-order valence-electron chi connectivity index (χ1n) is 5.22. The molecule has 2 heteroatoms. The molecule has 0 fully saturated rings. The molecule has 1 unspecified atom stereocenters. The van der Waals surface area contributed by atoms with Gasteiger partial charge in [-0.05, 0) is 0 Å². The van der Waals surface area contributed by atoms with E-state index in [2.05, 4.69) is 37.3 Å². The van der Waals surface area contributed by atoms with Crippen LogP contribution in [-0.2, 0) is 0 Å². The zero-order valence-electron chi connectivity index (χ0n) is 8.42. The van der Waals surface area contributed by atoms with Crippen LogP contribution < -0.4 is 5.30 Å². The molecule has 0 aliphatic heterocycles. The maximum atomic E-state index is 2.28. The second kappa shape index (κ2) is 7.48. The average Bonchev–Trinajstić information content (AvgIpc) is 2.19. The van der Waals surface area contributed by atoms with Gasteiger partial charge in [0.15, 0.2) is 0 Å². The van der Waals surface area contributed by atoms with E-state index in [9.17, 15) is 0 Å². The molecule has 0 amide bonds. The summed E-state index contributed by atoms with van der Waals surface area (Å²) in [5.74, 6) is 0. The Kier molecular flexibility index (Phi) is 6.42. The van der Waals surface area contributed by atoms with E-state index in [1.54, 1.807) is 11.5 Å². The summed E-state index contributed by atoms with van der Waals surface area (Å²) in [6, 6.07) is 11.0. The third-order valence-electron chi connectivity index (χ3n) is 2.13. The summed E-state index contributed by atoms with van der Waals surface area (Å²) >= 11 is 0. The average molecular weight is 214 g/mol. The first kappa shape index (κ1) is 11.2. The molecule has 13 heavy (non-hydrogen) atoms. The molecule has 1 aromatic rings. The monoisotopic (exact) mass is 214 g/mol. The third-order valence-corrected chi connectivity index (χ3v) is 7.01. The van der Waals surface area contributed by atoms with Crippen LogP contribution in [0.25, 0.3) is 0 Å². The zero-order chi connectivity index (χ0) is 9.36. The quantitative estimate of drug-likeness (QED) is 0.503. The van der Waals surface area contributed by atoms with Gasteiger partial charge in [-0.1, -0.05) is 0 Å². The second-order valence-corrected chi connectivity index (χ2v) is 8.05. The van der Waals surface area contributed by atoms with Gasteiger partial charge < -0.3 is 0 Å². The van der Waals surface area contributed by atoms with Crippen LogP contribution in [0.5, 0.6) is 0 Å². The van der Waals surface area contributed by atoms with Gasteiger partial charge >= 0.3 is 84.5 Å². The SMILES string of the molecule is CCCCC[PH3]Pc1ccccc1. The van der Waals surface area contributed by atoms with Crippen molar-refractivity contribution in [1.82, 2.24) is 0 Å². The molecule has 1 aromatic carbocycles. The molecule has 0 aliphatic rings. The Labute approximate surface area is 85.0 Å². The van der Waals surface area contributed by atoms with Crippen LogP contribution in [0.1, 0.15) is 26.2 Å². The molecule has 1 rings (SSSR count). The molecule has 0 bridgehead atoms. The van der Waals surface area contributed by atoms with E-state index in [4.69, 9.17) is 0 Å².